The zero-order valence-electron chi connectivity index (χ0n) is 69.3. The second-order valence-corrected chi connectivity index (χ2v) is 39.0. The number of hydrogen-bond donors (Lipinski definition) is 0. The lowest BCUT2D eigenvalue weighted by atomic mass is 9.33. The maximum atomic E-state index is 2.77. The second kappa shape index (κ2) is 25.9. The van der Waals surface area contributed by atoms with Crippen LogP contribution >= 0.6 is 0 Å². The number of aromatic nitrogens is 2. The summed E-state index contributed by atoms with van der Waals surface area (Å²) in [5, 5.41) is 4.94. The van der Waals surface area contributed by atoms with Gasteiger partial charge in [0, 0.05) is 66.8 Å². The fourth-order valence-corrected chi connectivity index (χ4v) is 18.8. The maximum Gasteiger partial charge on any atom is 0.252 e. The molecule has 0 amide bonds. The van der Waals surface area contributed by atoms with Crippen molar-refractivity contribution in [3.8, 4) is 55.9 Å². The van der Waals surface area contributed by atoms with E-state index in [-0.39, 0.29) is 44.6 Å². The fraction of sp³-hybridized carbons (Fsp3) is 0.264. The molecular formula is C106H107BN4. The third-order valence-corrected chi connectivity index (χ3v) is 24.0. The Labute approximate surface area is 660 Å². The smallest absolute Gasteiger partial charge is 0.252 e. The molecule has 554 valence electrons. The number of fused-ring (bicyclic) bond motifs is 10. The summed E-state index contributed by atoms with van der Waals surface area (Å²) in [4.78, 5) is 5.53. The van der Waals surface area contributed by atoms with Crippen LogP contribution in [0.4, 0.5) is 34.1 Å². The molecule has 2 aliphatic rings. The van der Waals surface area contributed by atoms with Crippen LogP contribution in [0.3, 0.4) is 0 Å². The molecule has 13 aromatic carbocycles. The Morgan fingerprint density at radius 3 is 0.838 bits per heavy atom. The van der Waals surface area contributed by atoms with Crippen molar-refractivity contribution in [3.05, 3.63) is 306 Å². The molecule has 4 nitrogen and oxygen atoms in total. The molecule has 0 N–H and O–H groups in total. The number of benzene rings is 13. The van der Waals surface area contributed by atoms with Crippen LogP contribution in [-0.4, -0.2) is 15.8 Å². The first-order valence-electron chi connectivity index (χ1n) is 40.4. The Morgan fingerprint density at radius 2 is 0.523 bits per heavy atom. The van der Waals surface area contributed by atoms with Crippen molar-refractivity contribution >= 4 is 101 Å². The molecule has 111 heavy (non-hydrogen) atoms. The molecule has 0 radical (unpaired) electrons. The second-order valence-electron chi connectivity index (χ2n) is 39.0. The van der Waals surface area contributed by atoms with Crippen LogP contribution in [0.2, 0.25) is 0 Å². The highest BCUT2D eigenvalue weighted by Crippen LogP contribution is 2.55. The van der Waals surface area contributed by atoms with Crippen LogP contribution < -0.4 is 26.2 Å². The molecule has 0 aliphatic carbocycles. The molecule has 4 heterocycles. The number of anilines is 6. The van der Waals surface area contributed by atoms with Crippen LogP contribution in [0.5, 0.6) is 0 Å². The van der Waals surface area contributed by atoms with Gasteiger partial charge in [0.25, 0.3) is 6.71 Å². The van der Waals surface area contributed by atoms with Gasteiger partial charge in [-0.1, -0.05) is 340 Å². The highest BCUT2D eigenvalue weighted by atomic mass is 15.2. The average molecular weight is 1450 g/mol. The Hall–Kier alpha value is -10.9. The first-order chi connectivity index (χ1) is 52.6. The average Bonchev–Trinajstić information content (AvgIpc) is 0.919. The number of hydrogen-bond acceptors (Lipinski definition) is 2. The van der Waals surface area contributed by atoms with Gasteiger partial charge in [0.1, 0.15) is 0 Å². The SMILES string of the molecule is CC(C)(C)c1cc2c3c(c1)N(c1cc(-c4c(C(C)(C)C)cccc4C(C)(C)C)ccc1-c1ccccc1C(C)(C)C)c1cc(-n4c5ccccc5c5ccccc54)ccc1B3c1ccc(-n3c4ccccc4c4ccccc43)cc1N2c1cc(-c2c(C(C)(C)C)cccc2C(C)(C)C)ccc1-c1ccccc1C(C)(C)C. The maximum absolute atomic E-state index is 2.77. The van der Waals surface area contributed by atoms with Gasteiger partial charge >= 0.3 is 0 Å². The van der Waals surface area contributed by atoms with Gasteiger partial charge < -0.3 is 18.9 Å². The quantitative estimate of drug-likeness (QED) is 0.141. The normalized spacial score (nSPS) is 13.6. The van der Waals surface area contributed by atoms with Crippen LogP contribution in [-0.2, 0) is 37.9 Å². The van der Waals surface area contributed by atoms with E-state index in [9.17, 15) is 0 Å². The third-order valence-electron chi connectivity index (χ3n) is 24.0. The molecule has 17 rings (SSSR count). The summed E-state index contributed by atoms with van der Waals surface area (Å²) in [5.74, 6) is 0. The van der Waals surface area contributed by atoms with E-state index in [1.807, 2.05) is 0 Å². The van der Waals surface area contributed by atoms with Gasteiger partial charge in [-0.05, 0) is 199 Å². The summed E-state index contributed by atoms with van der Waals surface area (Å²) in [6, 6.07) is 104. The van der Waals surface area contributed by atoms with E-state index in [1.54, 1.807) is 0 Å². The van der Waals surface area contributed by atoms with Gasteiger partial charge in [-0.2, -0.15) is 0 Å². The van der Waals surface area contributed by atoms with Crippen LogP contribution in [0.1, 0.15) is 184 Å². The van der Waals surface area contributed by atoms with E-state index in [0.717, 1.165) is 34.1 Å². The summed E-state index contributed by atoms with van der Waals surface area (Å²) in [7, 11) is 0. The number of rotatable bonds is 8. The molecule has 5 heteroatoms. The predicted molar refractivity (Wildman–Crippen MR) is 482 cm³/mol. The Balaban J connectivity index is 1.08. The van der Waals surface area contributed by atoms with Gasteiger partial charge in [0.05, 0.1) is 33.4 Å². The molecule has 0 fully saturated rings. The monoisotopic (exact) mass is 1450 g/mol. The first-order valence-corrected chi connectivity index (χ1v) is 40.4. The highest BCUT2D eigenvalue weighted by Gasteiger charge is 2.47. The van der Waals surface area contributed by atoms with E-state index >= 15 is 0 Å². The number of nitrogens with zero attached hydrogens (tertiary/aromatic N) is 4. The Kier molecular flexibility index (Phi) is 17.0. The van der Waals surface area contributed by atoms with Crippen molar-refractivity contribution < 1.29 is 0 Å². The minimum absolute atomic E-state index is 0.179. The van der Waals surface area contributed by atoms with E-state index < -0.39 is 0 Å². The van der Waals surface area contributed by atoms with Crippen LogP contribution in [0.25, 0.3) is 99.5 Å². The largest absolute Gasteiger partial charge is 0.311 e. The lowest BCUT2D eigenvalue weighted by Crippen LogP contribution is -2.61. The minimum atomic E-state index is -0.345. The fourth-order valence-electron chi connectivity index (χ4n) is 18.8. The van der Waals surface area contributed by atoms with Gasteiger partial charge in [0.2, 0.25) is 0 Å². The van der Waals surface area contributed by atoms with Crippen molar-refractivity contribution in [2.75, 3.05) is 9.80 Å². The standard InChI is InChI=1S/C106H107BN4/c1-100(2,3)68-62-95-99-96(63-68)111(92-61-67(53-57-78(92)72-37-23-29-43-80(72)102(7,8)9)98-83(105(16,17)18)46-35-47-84(98)106(19,20)21)94-65-70(109-89-50-32-26-40-75(89)76-41-27-33-51-90(76)109)55-59-86(94)107(99)85-58-54-69(108-87-48-30-24-38-73(87)74-39-25-31-49-88(74)108)64-93(85)110(95)91-60-66(52-56-77(91)71-36-22-28-42-79(71)101(4,5)6)97-81(103(10,11)12)44-34-45-82(97)104(13,14)15/h22-65H,1-21H3. The van der Waals surface area contributed by atoms with E-state index in [0.29, 0.717) is 0 Å². The zero-order valence-corrected chi connectivity index (χ0v) is 69.3. The molecule has 0 spiro atoms. The Bertz CT molecular complexity index is 5730. The van der Waals surface area contributed by atoms with Crippen molar-refractivity contribution in [1.29, 1.82) is 0 Å². The van der Waals surface area contributed by atoms with Crippen molar-refractivity contribution in [2.45, 2.75) is 183 Å². The minimum Gasteiger partial charge on any atom is -0.311 e. The van der Waals surface area contributed by atoms with Gasteiger partial charge in [-0.15, -0.1) is 0 Å². The Morgan fingerprint density at radius 1 is 0.225 bits per heavy atom. The third kappa shape index (κ3) is 12.2. The van der Waals surface area contributed by atoms with Crippen molar-refractivity contribution in [1.82, 2.24) is 9.13 Å². The summed E-state index contributed by atoms with van der Waals surface area (Å²) in [6.45, 7) is 50.0. The molecule has 0 saturated carbocycles. The van der Waals surface area contributed by atoms with Crippen LogP contribution in [0, 0.1) is 0 Å². The summed E-state index contributed by atoms with van der Waals surface area (Å²) in [5.41, 5.74) is 35.1. The van der Waals surface area contributed by atoms with Gasteiger partial charge in [-0.3, -0.25) is 0 Å². The molecule has 2 aliphatic heterocycles. The summed E-state index contributed by atoms with van der Waals surface area (Å²) in [6.07, 6.45) is 0. The van der Waals surface area contributed by atoms with Gasteiger partial charge in [0.15, 0.2) is 0 Å². The molecule has 0 bridgehead atoms. The molecule has 15 aromatic rings. The first kappa shape index (κ1) is 73.0. The lowest BCUT2D eigenvalue weighted by molar-refractivity contribution is 0.571. The van der Waals surface area contributed by atoms with Crippen molar-refractivity contribution in [3.63, 3.8) is 0 Å². The topological polar surface area (TPSA) is 16.3 Å². The molecule has 0 atom stereocenters. The lowest BCUT2D eigenvalue weighted by Gasteiger charge is -2.46. The molecular weight excluding hydrogens is 1340 g/mol. The molecule has 2 aromatic heterocycles. The van der Waals surface area contributed by atoms with E-state index in [4.69, 9.17) is 0 Å². The summed E-state index contributed by atoms with van der Waals surface area (Å²) >= 11 is 0. The zero-order chi connectivity index (χ0) is 78.1. The van der Waals surface area contributed by atoms with Crippen molar-refractivity contribution in [2.24, 2.45) is 0 Å². The van der Waals surface area contributed by atoms with Gasteiger partial charge in [-0.25, -0.2) is 0 Å². The van der Waals surface area contributed by atoms with Crippen LogP contribution in [0.15, 0.2) is 267 Å². The highest BCUT2D eigenvalue weighted by molar-refractivity contribution is 7.00. The molecule has 0 saturated heterocycles. The van der Waals surface area contributed by atoms with E-state index in [2.05, 4.69) is 431 Å². The van der Waals surface area contributed by atoms with E-state index in [1.165, 1.54) is 155 Å². The summed E-state index contributed by atoms with van der Waals surface area (Å²) < 4.78 is 5.05. The number of para-hydroxylation sites is 4. The molecule has 0 unspecified atom stereocenters. The predicted octanol–water partition coefficient (Wildman–Crippen LogP) is 27.7.